The maximum absolute atomic E-state index is 12.0. The van der Waals surface area contributed by atoms with Gasteiger partial charge >= 0.3 is 0 Å². The molecule has 0 bridgehead atoms. The summed E-state index contributed by atoms with van der Waals surface area (Å²) in [5, 5.41) is 1.04. The highest BCUT2D eigenvalue weighted by Crippen LogP contribution is 2.45. The molecule has 2 aliphatic rings. The molecule has 1 aliphatic carbocycles. The van der Waals surface area contributed by atoms with Crippen LogP contribution in [0.4, 0.5) is 5.69 Å². The van der Waals surface area contributed by atoms with Gasteiger partial charge < -0.3 is 4.90 Å². The summed E-state index contributed by atoms with van der Waals surface area (Å²) >= 11 is 1.66. The first kappa shape index (κ1) is 14.0. The fraction of sp³-hybridized carbons (Fsp3) is 0.0526. The first-order valence-corrected chi connectivity index (χ1v) is 8.09. The van der Waals surface area contributed by atoms with Gasteiger partial charge in [0.15, 0.2) is 0 Å². The van der Waals surface area contributed by atoms with Crippen LogP contribution in [0.5, 0.6) is 0 Å². The first-order valence-electron chi connectivity index (χ1n) is 7.27. The molecule has 0 saturated carbocycles. The van der Waals surface area contributed by atoms with E-state index in [-0.39, 0.29) is 0 Å². The molecule has 1 heterocycles. The number of thioether (sulfide) groups is 1. The largest absolute Gasteiger partial charge is 0.338 e. The van der Waals surface area contributed by atoms with Gasteiger partial charge in [-0.25, -0.2) is 0 Å². The number of carbonyl (C=O) groups is 2. The zero-order valence-electron chi connectivity index (χ0n) is 12.4. The topological polar surface area (TPSA) is 37.4 Å². The van der Waals surface area contributed by atoms with Crippen molar-refractivity contribution in [3.63, 3.8) is 0 Å². The van der Waals surface area contributed by atoms with Gasteiger partial charge in [-0.2, -0.15) is 0 Å². The molecular formula is C19H13NO2S. The van der Waals surface area contributed by atoms with Gasteiger partial charge in [0.2, 0.25) is 11.6 Å². The molecule has 0 aromatic heterocycles. The number of ketones is 2. The van der Waals surface area contributed by atoms with Crippen molar-refractivity contribution in [1.82, 2.24) is 0 Å². The average Bonchev–Trinajstić information content (AvgIpc) is 2.89. The predicted molar refractivity (Wildman–Crippen MR) is 92.5 cm³/mol. The number of carbonyl (C=O) groups excluding carboxylic acids is 2. The standard InChI is InChI=1S/C19H13NO2S/c1-20-15-8-4-5-9-17(15)23-18(20)11-12-10-16(21)19(22)14-7-3-2-6-13(12)14/h2-11H,1H3. The van der Waals surface area contributed by atoms with Crippen molar-refractivity contribution in [1.29, 1.82) is 0 Å². The molecule has 1 aliphatic heterocycles. The lowest BCUT2D eigenvalue weighted by Crippen LogP contribution is -2.18. The second-order valence-electron chi connectivity index (χ2n) is 5.45. The normalized spacial score (nSPS) is 18.0. The highest BCUT2D eigenvalue weighted by Gasteiger charge is 2.27. The van der Waals surface area contributed by atoms with Crippen LogP contribution in [-0.2, 0) is 4.79 Å². The van der Waals surface area contributed by atoms with Gasteiger partial charge in [0.25, 0.3) is 0 Å². The molecule has 0 amide bonds. The number of para-hydroxylation sites is 1. The number of benzene rings is 2. The number of hydrogen-bond donors (Lipinski definition) is 0. The Kier molecular flexibility index (Phi) is 3.20. The molecule has 0 saturated heterocycles. The fourth-order valence-electron chi connectivity index (χ4n) is 2.85. The van der Waals surface area contributed by atoms with Crippen LogP contribution in [0.1, 0.15) is 15.9 Å². The molecular weight excluding hydrogens is 306 g/mol. The highest BCUT2D eigenvalue weighted by atomic mass is 32.2. The highest BCUT2D eigenvalue weighted by molar-refractivity contribution is 8.03. The molecule has 2 aromatic carbocycles. The smallest absolute Gasteiger partial charge is 0.233 e. The lowest BCUT2D eigenvalue weighted by molar-refractivity contribution is -0.110. The van der Waals surface area contributed by atoms with E-state index in [2.05, 4.69) is 17.0 Å². The third kappa shape index (κ3) is 2.23. The van der Waals surface area contributed by atoms with Gasteiger partial charge in [-0.05, 0) is 35.4 Å². The molecule has 0 unspecified atom stereocenters. The molecule has 2 aromatic rings. The van der Waals surface area contributed by atoms with Gasteiger partial charge in [-0.1, -0.05) is 48.2 Å². The minimum absolute atomic E-state index is 0.432. The monoisotopic (exact) mass is 319 g/mol. The van der Waals surface area contributed by atoms with Crippen molar-refractivity contribution in [3.05, 3.63) is 76.8 Å². The summed E-state index contributed by atoms with van der Waals surface area (Å²) < 4.78 is 0. The van der Waals surface area contributed by atoms with E-state index in [1.165, 1.54) is 11.0 Å². The van der Waals surface area contributed by atoms with E-state index < -0.39 is 11.6 Å². The predicted octanol–water partition coefficient (Wildman–Crippen LogP) is 3.92. The fourth-order valence-corrected chi connectivity index (χ4v) is 3.95. The van der Waals surface area contributed by atoms with Crippen LogP contribution in [0.15, 0.2) is 70.6 Å². The Hall–Kier alpha value is -2.59. The van der Waals surface area contributed by atoms with E-state index in [0.29, 0.717) is 5.56 Å². The zero-order chi connectivity index (χ0) is 16.0. The minimum atomic E-state index is -0.460. The summed E-state index contributed by atoms with van der Waals surface area (Å²) in [5.74, 6) is -0.892. The maximum Gasteiger partial charge on any atom is 0.233 e. The van der Waals surface area contributed by atoms with E-state index >= 15 is 0 Å². The second kappa shape index (κ2) is 5.25. The Morgan fingerprint density at radius 2 is 1.65 bits per heavy atom. The number of fused-ring (bicyclic) bond motifs is 2. The van der Waals surface area contributed by atoms with Crippen molar-refractivity contribution in [2.75, 3.05) is 11.9 Å². The van der Waals surface area contributed by atoms with E-state index in [4.69, 9.17) is 0 Å². The third-order valence-electron chi connectivity index (χ3n) is 4.04. The van der Waals surface area contributed by atoms with Crippen LogP contribution in [-0.4, -0.2) is 18.6 Å². The van der Waals surface area contributed by atoms with Crippen LogP contribution in [0.3, 0.4) is 0 Å². The maximum atomic E-state index is 12.0. The molecule has 112 valence electrons. The number of nitrogens with zero attached hydrogens (tertiary/aromatic N) is 1. The average molecular weight is 319 g/mol. The van der Waals surface area contributed by atoms with Gasteiger partial charge in [0.1, 0.15) is 0 Å². The molecule has 0 radical (unpaired) electrons. The van der Waals surface area contributed by atoms with Gasteiger partial charge in [0.05, 0.1) is 10.7 Å². The van der Waals surface area contributed by atoms with E-state index in [1.807, 2.05) is 37.4 Å². The SMILES string of the molecule is CN1C(=CC2=CC(=O)C(=O)c3ccccc32)Sc2ccccc21. The molecule has 3 nitrogen and oxygen atoms in total. The summed E-state index contributed by atoms with van der Waals surface area (Å²) in [6, 6.07) is 15.4. The Labute approximate surface area is 138 Å². The first-order chi connectivity index (χ1) is 11.1. The number of Topliss-reactive ketones (excluding diaryl/α,β-unsaturated/α-hetero) is 1. The van der Waals surface area contributed by atoms with E-state index in [9.17, 15) is 9.59 Å². The third-order valence-corrected chi connectivity index (χ3v) is 5.21. The zero-order valence-corrected chi connectivity index (χ0v) is 13.3. The van der Waals surface area contributed by atoms with Crippen LogP contribution in [0.2, 0.25) is 0 Å². The lowest BCUT2D eigenvalue weighted by atomic mass is 9.89. The van der Waals surface area contributed by atoms with Crippen LogP contribution < -0.4 is 4.90 Å². The summed E-state index contributed by atoms with van der Waals surface area (Å²) in [5.41, 5.74) is 3.23. The molecule has 0 N–H and O–H groups in total. The van der Waals surface area contributed by atoms with Crippen LogP contribution >= 0.6 is 11.8 Å². The summed E-state index contributed by atoms with van der Waals surface area (Å²) in [7, 11) is 2.01. The number of anilines is 1. The quantitative estimate of drug-likeness (QED) is 0.747. The second-order valence-corrected chi connectivity index (χ2v) is 6.51. The Balaban J connectivity index is 1.79. The van der Waals surface area contributed by atoms with Crippen molar-refractivity contribution < 1.29 is 9.59 Å². The van der Waals surface area contributed by atoms with Gasteiger partial charge in [-0.15, -0.1) is 0 Å². The van der Waals surface area contributed by atoms with Gasteiger partial charge in [-0.3, -0.25) is 9.59 Å². The summed E-state index contributed by atoms with van der Waals surface area (Å²) in [6.45, 7) is 0. The number of hydrogen-bond acceptors (Lipinski definition) is 4. The van der Waals surface area contributed by atoms with Crippen molar-refractivity contribution in [2.24, 2.45) is 0 Å². The van der Waals surface area contributed by atoms with Crippen LogP contribution in [0, 0.1) is 0 Å². The molecule has 0 atom stereocenters. The Morgan fingerprint density at radius 1 is 0.957 bits per heavy atom. The van der Waals surface area contributed by atoms with Crippen LogP contribution in [0.25, 0.3) is 5.57 Å². The Bertz CT molecular complexity index is 911. The summed E-state index contributed by atoms with van der Waals surface area (Å²) in [6.07, 6.45) is 3.42. The lowest BCUT2D eigenvalue weighted by Gasteiger charge is -2.17. The van der Waals surface area contributed by atoms with E-state index in [1.54, 1.807) is 23.9 Å². The van der Waals surface area contributed by atoms with Crippen molar-refractivity contribution >= 4 is 34.6 Å². The molecule has 23 heavy (non-hydrogen) atoms. The van der Waals surface area contributed by atoms with Crippen molar-refractivity contribution in [2.45, 2.75) is 4.90 Å². The molecule has 0 fully saturated rings. The van der Waals surface area contributed by atoms with Gasteiger partial charge in [0, 0.05) is 17.5 Å². The summed E-state index contributed by atoms with van der Waals surface area (Å²) in [4.78, 5) is 27.3. The molecule has 0 spiro atoms. The van der Waals surface area contributed by atoms with E-state index in [0.717, 1.165) is 21.9 Å². The molecule has 4 heteroatoms. The van der Waals surface area contributed by atoms with Crippen molar-refractivity contribution in [3.8, 4) is 0 Å². The molecule has 4 rings (SSSR count). The minimum Gasteiger partial charge on any atom is -0.338 e. The Morgan fingerprint density at radius 3 is 2.43 bits per heavy atom. The number of rotatable bonds is 1. The number of allylic oxidation sites excluding steroid dienone is 3.